The molecule has 0 unspecified atom stereocenters. The monoisotopic (exact) mass is 259 g/mol. The van der Waals surface area contributed by atoms with Crippen molar-refractivity contribution in [2.24, 2.45) is 11.8 Å². The fraction of sp³-hybridized carbons (Fsp3) is 0.562. The van der Waals surface area contributed by atoms with Crippen molar-refractivity contribution in [1.82, 2.24) is 4.90 Å². The van der Waals surface area contributed by atoms with Crippen LogP contribution in [0.4, 0.5) is 0 Å². The van der Waals surface area contributed by atoms with E-state index >= 15 is 0 Å². The number of benzene rings is 1. The molecule has 2 bridgehead atoms. The van der Waals surface area contributed by atoms with Crippen molar-refractivity contribution in [3.05, 3.63) is 35.9 Å². The number of hydrogen-bond acceptors (Lipinski definition) is 3. The van der Waals surface area contributed by atoms with E-state index in [4.69, 9.17) is 4.74 Å². The Hall–Kier alpha value is -1.19. The molecule has 102 valence electrons. The zero-order valence-corrected chi connectivity index (χ0v) is 11.4. The van der Waals surface area contributed by atoms with Crippen molar-refractivity contribution in [3.63, 3.8) is 0 Å². The highest BCUT2D eigenvalue weighted by molar-refractivity contribution is 5.85. The number of ether oxygens (including phenoxy) is 1. The smallest absolute Gasteiger partial charge is 0.146 e. The molecule has 3 nitrogen and oxygen atoms in total. The second-order valence-electron chi connectivity index (χ2n) is 5.62. The molecule has 0 aromatic heterocycles. The maximum absolute atomic E-state index is 12.1. The van der Waals surface area contributed by atoms with Gasteiger partial charge in [-0.25, -0.2) is 0 Å². The first-order chi connectivity index (χ1) is 9.29. The Bertz CT molecular complexity index is 429. The number of carbonyl (C=O) groups excluding carboxylic acids is 1. The summed E-state index contributed by atoms with van der Waals surface area (Å²) in [4.78, 5) is 14.6. The second-order valence-corrected chi connectivity index (χ2v) is 5.62. The maximum atomic E-state index is 12.1. The summed E-state index contributed by atoms with van der Waals surface area (Å²) < 4.78 is 5.53. The molecule has 0 amide bonds. The molecule has 3 heteroatoms. The van der Waals surface area contributed by atoms with E-state index in [1.807, 2.05) is 0 Å². The van der Waals surface area contributed by atoms with Crippen LogP contribution in [0.5, 0.6) is 0 Å². The largest absolute Gasteiger partial charge is 0.380 e. The number of nitrogens with zero attached hydrogens (tertiary/aromatic N) is 1. The van der Waals surface area contributed by atoms with Gasteiger partial charge in [0.25, 0.3) is 0 Å². The molecule has 19 heavy (non-hydrogen) atoms. The highest BCUT2D eigenvalue weighted by Gasteiger charge is 2.40. The lowest BCUT2D eigenvalue weighted by atomic mass is 9.85. The molecular formula is C16H21NO2. The zero-order valence-electron chi connectivity index (χ0n) is 11.4. The van der Waals surface area contributed by atoms with Crippen LogP contribution in [0, 0.1) is 11.8 Å². The normalized spacial score (nSPS) is 29.2. The first-order valence-electron chi connectivity index (χ1n) is 7.20. The summed E-state index contributed by atoms with van der Waals surface area (Å²) in [6, 6.07) is 11.1. The molecule has 3 atom stereocenters. The fourth-order valence-corrected chi connectivity index (χ4v) is 3.41. The topological polar surface area (TPSA) is 29.5 Å². The molecule has 2 fully saturated rings. The van der Waals surface area contributed by atoms with Crippen LogP contribution >= 0.6 is 0 Å². The highest BCUT2D eigenvalue weighted by Crippen LogP contribution is 2.32. The lowest BCUT2D eigenvalue weighted by Crippen LogP contribution is -2.53. The maximum Gasteiger partial charge on any atom is 0.146 e. The Morgan fingerprint density at radius 3 is 2.42 bits per heavy atom. The van der Waals surface area contributed by atoms with Gasteiger partial charge in [0.2, 0.25) is 0 Å². The lowest BCUT2D eigenvalue weighted by Gasteiger charge is -2.43. The highest BCUT2D eigenvalue weighted by atomic mass is 16.5. The second kappa shape index (κ2) is 5.43. The van der Waals surface area contributed by atoms with Crippen LogP contribution in [-0.4, -0.2) is 37.0 Å². The van der Waals surface area contributed by atoms with Gasteiger partial charge in [0.05, 0.1) is 25.0 Å². The van der Waals surface area contributed by atoms with Crippen molar-refractivity contribution < 1.29 is 9.53 Å². The van der Waals surface area contributed by atoms with E-state index in [9.17, 15) is 4.79 Å². The Morgan fingerprint density at radius 1 is 1.21 bits per heavy atom. The molecule has 0 radical (unpaired) electrons. The van der Waals surface area contributed by atoms with Gasteiger partial charge in [-0.2, -0.15) is 0 Å². The van der Waals surface area contributed by atoms with Gasteiger partial charge in [-0.1, -0.05) is 37.3 Å². The van der Waals surface area contributed by atoms with E-state index in [-0.39, 0.29) is 11.8 Å². The van der Waals surface area contributed by atoms with E-state index in [0.717, 1.165) is 19.5 Å². The molecule has 0 N–H and O–H groups in total. The first kappa shape index (κ1) is 12.8. The summed E-state index contributed by atoms with van der Waals surface area (Å²) in [7, 11) is 0. The summed E-state index contributed by atoms with van der Waals surface area (Å²) in [5.74, 6) is 0.598. The molecule has 2 aliphatic rings. The molecular weight excluding hydrogens is 238 g/mol. The molecule has 2 heterocycles. The van der Waals surface area contributed by atoms with Gasteiger partial charge in [0.1, 0.15) is 5.78 Å². The Balaban J connectivity index is 1.80. The van der Waals surface area contributed by atoms with Crippen molar-refractivity contribution in [2.75, 3.05) is 26.3 Å². The van der Waals surface area contributed by atoms with E-state index < -0.39 is 0 Å². The lowest BCUT2D eigenvalue weighted by molar-refractivity contribution is -0.146. The van der Waals surface area contributed by atoms with Crippen LogP contribution in [0.15, 0.2) is 30.3 Å². The van der Waals surface area contributed by atoms with Crippen LogP contribution < -0.4 is 0 Å². The Morgan fingerprint density at radius 2 is 1.84 bits per heavy atom. The van der Waals surface area contributed by atoms with Crippen LogP contribution in [0.2, 0.25) is 0 Å². The standard InChI is InChI=1S/C16H21NO2/c1-2-15(12-6-4-3-5-7-12)17-8-13-10-19-11-14(9-17)16(13)18/h3-7,13-15H,2,8-11H2,1H3/t13-,14+,15-/m1/s1. The zero-order chi connectivity index (χ0) is 13.2. The van der Waals surface area contributed by atoms with Gasteiger partial charge < -0.3 is 4.74 Å². The van der Waals surface area contributed by atoms with E-state index in [1.165, 1.54) is 5.56 Å². The van der Waals surface area contributed by atoms with Crippen LogP contribution in [0.25, 0.3) is 0 Å². The van der Waals surface area contributed by atoms with E-state index in [0.29, 0.717) is 25.0 Å². The van der Waals surface area contributed by atoms with E-state index in [2.05, 4.69) is 42.2 Å². The minimum absolute atomic E-state index is 0.0882. The summed E-state index contributed by atoms with van der Waals surface area (Å²) in [6.45, 7) is 5.14. The van der Waals surface area contributed by atoms with Crippen LogP contribution in [0.1, 0.15) is 24.9 Å². The molecule has 1 aromatic rings. The SMILES string of the molecule is CC[C@H](c1ccccc1)N1C[C@H]2COC[C@@H](C1)C2=O. The molecule has 3 rings (SSSR count). The van der Waals surface area contributed by atoms with E-state index in [1.54, 1.807) is 0 Å². The number of rotatable bonds is 3. The van der Waals surface area contributed by atoms with Crippen molar-refractivity contribution in [1.29, 1.82) is 0 Å². The quantitative estimate of drug-likeness (QED) is 0.834. The summed E-state index contributed by atoms with van der Waals surface area (Å²) in [5, 5.41) is 0. The third kappa shape index (κ3) is 2.45. The van der Waals surface area contributed by atoms with Crippen LogP contribution in [-0.2, 0) is 9.53 Å². The van der Waals surface area contributed by atoms with Gasteiger partial charge in [0.15, 0.2) is 0 Å². The predicted octanol–water partition coefficient (Wildman–Crippen LogP) is 2.29. The number of fused-ring (bicyclic) bond motifs is 2. The van der Waals surface area contributed by atoms with Gasteiger partial charge >= 0.3 is 0 Å². The van der Waals surface area contributed by atoms with Gasteiger partial charge in [0, 0.05) is 19.1 Å². The minimum atomic E-state index is 0.0882. The van der Waals surface area contributed by atoms with Gasteiger partial charge in [-0.3, -0.25) is 9.69 Å². The number of carbonyl (C=O) groups is 1. The number of ketones is 1. The average molecular weight is 259 g/mol. The summed E-state index contributed by atoms with van der Waals surface area (Å²) >= 11 is 0. The molecule has 0 aliphatic carbocycles. The van der Waals surface area contributed by atoms with Gasteiger partial charge in [-0.05, 0) is 12.0 Å². The Kier molecular flexibility index (Phi) is 3.67. The summed E-state index contributed by atoms with van der Waals surface area (Å²) in [5.41, 5.74) is 1.36. The van der Waals surface area contributed by atoms with Crippen LogP contribution in [0.3, 0.4) is 0 Å². The molecule has 2 saturated heterocycles. The first-order valence-corrected chi connectivity index (χ1v) is 7.20. The third-order valence-corrected chi connectivity index (χ3v) is 4.36. The molecule has 0 spiro atoms. The Labute approximate surface area is 114 Å². The van der Waals surface area contributed by atoms with Gasteiger partial charge in [-0.15, -0.1) is 0 Å². The number of Topliss-reactive ketones (excluding diaryl/α,β-unsaturated/α-hetero) is 1. The third-order valence-electron chi connectivity index (χ3n) is 4.36. The predicted molar refractivity (Wildman–Crippen MR) is 73.9 cm³/mol. The van der Waals surface area contributed by atoms with Crippen molar-refractivity contribution in [2.45, 2.75) is 19.4 Å². The number of hydrogen-bond donors (Lipinski definition) is 0. The van der Waals surface area contributed by atoms with Crippen molar-refractivity contribution >= 4 is 5.78 Å². The molecule has 1 aromatic carbocycles. The van der Waals surface area contributed by atoms with Crippen molar-refractivity contribution in [3.8, 4) is 0 Å². The number of piperidine rings is 1. The molecule has 0 saturated carbocycles. The number of likely N-dealkylation sites (tertiary alicyclic amines) is 1. The average Bonchev–Trinajstić information content (AvgIpc) is 2.42. The summed E-state index contributed by atoms with van der Waals surface area (Å²) in [6.07, 6.45) is 1.08. The minimum Gasteiger partial charge on any atom is -0.380 e. The fourth-order valence-electron chi connectivity index (χ4n) is 3.41. The molecule has 2 aliphatic heterocycles.